The zero-order valence-corrected chi connectivity index (χ0v) is 12.2. The number of phenols is 1. The molecule has 2 rings (SSSR count). The van der Waals surface area contributed by atoms with Gasteiger partial charge in [-0.05, 0) is 24.6 Å². The number of hydrogen-bond donors (Lipinski definition) is 3. The molecule has 0 radical (unpaired) electrons. The van der Waals surface area contributed by atoms with Crippen molar-refractivity contribution in [3.8, 4) is 17.1 Å². The molecule has 1 aromatic carbocycles. The maximum absolute atomic E-state index is 13.7. The predicted octanol–water partition coefficient (Wildman–Crippen LogP) is 2.79. The molecule has 0 aliphatic heterocycles. The van der Waals surface area contributed by atoms with E-state index in [1.165, 1.54) is 12.1 Å². The van der Waals surface area contributed by atoms with E-state index in [0.29, 0.717) is 17.1 Å². The predicted molar refractivity (Wildman–Crippen MR) is 80.9 cm³/mol. The van der Waals surface area contributed by atoms with Crippen LogP contribution in [0.15, 0.2) is 24.4 Å². The number of rotatable bonds is 5. The number of benzene rings is 1. The van der Waals surface area contributed by atoms with Crippen LogP contribution in [0.3, 0.4) is 0 Å². The maximum atomic E-state index is 13.7. The molecule has 0 aliphatic rings. The van der Waals surface area contributed by atoms with Crippen LogP contribution in [0.4, 0.5) is 10.2 Å². The summed E-state index contributed by atoms with van der Waals surface area (Å²) in [6.45, 7) is 2.34. The van der Waals surface area contributed by atoms with E-state index < -0.39 is 5.82 Å². The molecule has 0 saturated carbocycles. The quantitative estimate of drug-likeness (QED) is 0.791. The maximum Gasteiger partial charge on any atom is 0.183 e. The molecule has 1 aromatic heterocycles. The van der Waals surface area contributed by atoms with Crippen LogP contribution in [-0.2, 0) is 0 Å². The fraction of sp³-hybridized carbons (Fsp3) is 0.286. The van der Waals surface area contributed by atoms with Gasteiger partial charge in [0.2, 0.25) is 0 Å². The molecule has 112 valence electrons. The van der Waals surface area contributed by atoms with Gasteiger partial charge in [0, 0.05) is 17.6 Å². The van der Waals surface area contributed by atoms with E-state index in [0.717, 1.165) is 12.6 Å². The first-order valence-electron chi connectivity index (χ1n) is 6.52. The van der Waals surface area contributed by atoms with Crippen molar-refractivity contribution in [3.63, 3.8) is 0 Å². The SMILES string of the molecule is CC[C@@H](N)CNc1nc(-c2cc(Cl)ccc2O)ncc1F. The third kappa shape index (κ3) is 3.80. The number of hydrogen-bond acceptors (Lipinski definition) is 5. The highest BCUT2D eigenvalue weighted by Crippen LogP contribution is 2.30. The lowest BCUT2D eigenvalue weighted by atomic mass is 10.2. The number of phenolic OH excluding ortho intramolecular Hbond substituents is 1. The van der Waals surface area contributed by atoms with Crippen LogP contribution in [0.2, 0.25) is 5.02 Å². The van der Waals surface area contributed by atoms with Crippen LogP contribution in [0.1, 0.15) is 13.3 Å². The summed E-state index contributed by atoms with van der Waals surface area (Å²) < 4.78 is 13.7. The fourth-order valence-corrected chi connectivity index (χ4v) is 1.85. The van der Waals surface area contributed by atoms with Crippen LogP contribution < -0.4 is 11.1 Å². The van der Waals surface area contributed by atoms with Gasteiger partial charge >= 0.3 is 0 Å². The van der Waals surface area contributed by atoms with Crippen LogP contribution in [0, 0.1) is 5.82 Å². The Morgan fingerprint density at radius 2 is 2.24 bits per heavy atom. The van der Waals surface area contributed by atoms with Crippen LogP contribution >= 0.6 is 11.6 Å². The zero-order chi connectivity index (χ0) is 15.4. The normalized spacial score (nSPS) is 12.2. The summed E-state index contributed by atoms with van der Waals surface area (Å²) in [5, 5.41) is 13.1. The van der Waals surface area contributed by atoms with E-state index in [1.54, 1.807) is 6.07 Å². The Kier molecular flexibility index (Phi) is 4.93. The van der Waals surface area contributed by atoms with Crippen molar-refractivity contribution in [2.24, 2.45) is 5.73 Å². The lowest BCUT2D eigenvalue weighted by Gasteiger charge is -2.12. The van der Waals surface area contributed by atoms with Crippen molar-refractivity contribution >= 4 is 17.4 Å². The number of aromatic nitrogens is 2. The molecule has 2 aromatic rings. The monoisotopic (exact) mass is 310 g/mol. The summed E-state index contributed by atoms with van der Waals surface area (Å²) in [5.41, 5.74) is 6.12. The lowest BCUT2D eigenvalue weighted by molar-refractivity contribution is 0.477. The van der Waals surface area contributed by atoms with Crippen LogP contribution in [-0.4, -0.2) is 27.7 Å². The van der Waals surface area contributed by atoms with Gasteiger partial charge in [-0.25, -0.2) is 14.4 Å². The number of nitrogens with one attached hydrogen (secondary N) is 1. The minimum Gasteiger partial charge on any atom is -0.507 e. The smallest absolute Gasteiger partial charge is 0.183 e. The molecule has 0 saturated heterocycles. The van der Waals surface area contributed by atoms with Gasteiger partial charge in [0.25, 0.3) is 0 Å². The second kappa shape index (κ2) is 6.69. The summed E-state index contributed by atoms with van der Waals surface area (Å²) in [6, 6.07) is 4.40. The second-order valence-corrected chi connectivity index (χ2v) is 5.04. The van der Waals surface area contributed by atoms with Crippen molar-refractivity contribution in [1.82, 2.24) is 9.97 Å². The average Bonchev–Trinajstić information content (AvgIpc) is 2.48. The average molecular weight is 311 g/mol. The zero-order valence-electron chi connectivity index (χ0n) is 11.5. The first kappa shape index (κ1) is 15.5. The summed E-state index contributed by atoms with van der Waals surface area (Å²) in [6.07, 6.45) is 1.81. The topological polar surface area (TPSA) is 84.1 Å². The van der Waals surface area contributed by atoms with Crippen molar-refractivity contribution < 1.29 is 9.50 Å². The van der Waals surface area contributed by atoms with E-state index in [-0.39, 0.29) is 23.4 Å². The van der Waals surface area contributed by atoms with E-state index in [1.807, 2.05) is 6.92 Å². The van der Waals surface area contributed by atoms with Crippen LogP contribution in [0.5, 0.6) is 5.75 Å². The van der Waals surface area contributed by atoms with E-state index in [2.05, 4.69) is 15.3 Å². The molecular weight excluding hydrogens is 295 g/mol. The molecular formula is C14H16ClFN4O. The standard InChI is InChI=1S/C14H16ClFN4O/c1-2-9(17)6-18-14-11(16)7-19-13(20-14)10-5-8(15)3-4-12(10)21/h3-5,7,9,21H,2,6,17H2,1H3,(H,18,19,20)/t9-/m1/s1. The molecule has 1 heterocycles. The third-order valence-electron chi connectivity index (χ3n) is 3.00. The number of nitrogens with zero attached hydrogens (tertiary/aromatic N) is 2. The van der Waals surface area contributed by atoms with Gasteiger partial charge in [-0.3, -0.25) is 0 Å². The highest BCUT2D eigenvalue weighted by molar-refractivity contribution is 6.30. The highest BCUT2D eigenvalue weighted by Gasteiger charge is 2.12. The molecule has 7 heteroatoms. The molecule has 0 bridgehead atoms. The molecule has 21 heavy (non-hydrogen) atoms. The number of halogens is 2. The molecule has 0 fully saturated rings. The summed E-state index contributed by atoms with van der Waals surface area (Å²) >= 11 is 5.89. The third-order valence-corrected chi connectivity index (χ3v) is 3.23. The molecule has 0 spiro atoms. The van der Waals surface area contributed by atoms with Crippen molar-refractivity contribution in [3.05, 3.63) is 35.2 Å². The lowest BCUT2D eigenvalue weighted by Crippen LogP contribution is -2.28. The van der Waals surface area contributed by atoms with Gasteiger partial charge in [0.15, 0.2) is 17.5 Å². The molecule has 5 nitrogen and oxygen atoms in total. The molecule has 4 N–H and O–H groups in total. The Morgan fingerprint density at radius 1 is 1.48 bits per heavy atom. The Labute approximate surface area is 127 Å². The first-order valence-corrected chi connectivity index (χ1v) is 6.90. The minimum atomic E-state index is -0.580. The van der Waals surface area contributed by atoms with Gasteiger partial charge in [0.05, 0.1) is 11.8 Å². The summed E-state index contributed by atoms with van der Waals surface area (Å²) in [7, 11) is 0. The van der Waals surface area contributed by atoms with Gasteiger partial charge in [0.1, 0.15) is 5.75 Å². The van der Waals surface area contributed by atoms with Gasteiger partial charge < -0.3 is 16.2 Å². The van der Waals surface area contributed by atoms with E-state index in [9.17, 15) is 9.50 Å². The number of aromatic hydroxyl groups is 1. The van der Waals surface area contributed by atoms with Gasteiger partial charge in [-0.2, -0.15) is 0 Å². The molecule has 1 atom stereocenters. The Morgan fingerprint density at radius 3 is 2.95 bits per heavy atom. The Balaban J connectivity index is 2.31. The summed E-state index contributed by atoms with van der Waals surface area (Å²) in [5.74, 6) is -0.377. The first-order chi connectivity index (χ1) is 10.0. The van der Waals surface area contributed by atoms with Crippen molar-refractivity contribution in [2.75, 3.05) is 11.9 Å². The Bertz CT molecular complexity index is 638. The fourth-order valence-electron chi connectivity index (χ4n) is 1.68. The molecule has 0 unspecified atom stereocenters. The van der Waals surface area contributed by atoms with Crippen molar-refractivity contribution in [2.45, 2.75) is 19.4 Å². The van der Waals surface area contributed by atoms with Crippen molar-refractivity contribution in [1.29, 1.82) is 0 Å². The van der Waals surface area contributed by atoms with E-state index in [4.69, 9.17) is 17.3 Å². The largest absolute Gasteiger partial charge is 0.507 e. The minimum absolute atomic E-state index is 0.0257. The number of nitrogens with two attached hydrogens (primary N) is 1. The van der Waals surface area contributed by atoms with E-state index >= 15 is 0 Å². The molecule has 0 aliphatic carbocycles. The second-order valence-electron chi connectivity index (χ2n) is 4.60. The summed E-state index contributed by atoms with van der Waals surface area (Å²) in [4.78, 5) is 7.96. The molecule has 0 amide bonds. The van der Waals surface area contributed by atoms with Gasteiger partial charge in [-0.1, -0.05) is 18.5 Å². The number of anilines is 1. The van der Waals surface area contributed by atoms with Crippen LogP contribution in [0.25, 0.3) is 11.4 Å². The Hall–Kier alpha value is -1.92. The van der Waals surface area contributed by atoms with Gasteiger partial charge in [-0.15, -0.1) is 0 Å². The highest BCUT2D eigenvalue weighted by atomic mass is 35.5.